The van der Waals surface area contributed by atoms with Crippen LogP contribution < -0.4 is 5.32 Å². The molecule has 7 nitrogen and oxygen atoms in total. The van der Waals surface area contributed by atoms with Crippen molar-refractivity contribution in [3.63, 3.8) is 0 Å². The van der Waals surface area contributed by atoms with Crippen molar-refractivity contribution in [2.45, 2.75) is 63.8 Å². The van der Waals surface area contributed by atoms with Gasteiger partial charge in [-0.05, 0) is 50.8 Å². The fourth-order valence-electron chi connectivity index (χ4n) is 5.02. The molecule has 3 aromatic rings. The van der Waals surface area contributed by atoms with Gasteiger partial charge in [0.05, 0.1) is 27.9 Å². The molecule has 1 amide bonds. The minimum atomic E-state index is -0.293. The van der Waals surface area contributed by atoms with Crippen molar-refractivity contribution < 1.29 is 13.9 Å². The zero-order valence-corrected chi connectivity index (χ0v) is 21.4. The Morgan fingerprint density at radius 2 is 1.94 bits per heavy atom. The molecule has 5 rings (SSSR count). The molecule has 1 aliphatic carbocycles. The quantitative estimate of drug-likeness (QED) is 0.409. The molecule has 3 heterocycles. The molecule has 0 unspecified atom stereocenters. The average Bonchev–Trinajstić information content (AvgIpc) is 3.35. The first-order chi connectivity index (χ1) is 17.6. The van der Waals surface area contributed by atoms with Crippen molar-refractivity contribution in [3.8, 4) is 21.8 Å². The molecule has 2 aromatic heterocycles. The van der Waals surface area contributed by atoms with E-state index >= 15 is 0 Å². The Morgan fingerprint density at radius 3 is 2.69 bits per heavy atom. The predicted octanol–water partition coefficient (Wildman–Crippen LogP) is 6.49. The van der Waals surface area contributed by atoms with E-state index in [1.807, 2.05) is 19.1 Å². The fourth-order valence-corrected chi connectivity index (χ4v) is 6.25. The number of rotatable bonds is 6. The number of carbonyl (C=O) groups excluding carboxylic acids is 1. The maximum Gasteiger partial charge on any atom is 0.409 e. The van der Waals surface area contributed by atoms with Gasteiger partial charge in [-0.1, -0.05) is 31.4 Å². The number of piperidine rings is 1. The minimum Gasteiger partial charge on any atom is -0.450 e. The van der Waals surface area contributed by atoms with E-state index in [1.165, 1.54) is 31.4 Å². The maximum absolute atomic E-state index is 14.1. The highest BCUT2D eigenvalue weighted by molar-refractivity contribution is 7.15. The number of benzene rings is 1. The van der Waals surface area contributed by atoms with E-state index in [1.54, 1.807) is 28.5 Å². The average molecular weight is 510 g/mol. The second-order valence-corrected chi connectivity index (χ2v) is 10.5. The Kier molecular flexibility index (Phi) is 7.75. The molecular formula is C27H32FN5O2S. The number of nitrogens with one attached hydrogen (secondary N) is 1. The largest absolute Gasteiger partial charge is 0.450 e. The number of thiazole rings is 1. The first kappa shape index (κ1) is 24.6. The molecule has 9 heteroatoms. The molecule has 1 N–H and O–H groups in total. The highest BCUT2D eigenvalue weighted by Gasteiger charge is 2.28. The lowest BCUT2D eigenvalue weighted by Crippen LogP contribution is -2.38. The Hall–Kier alpha value is -3.07. The molecule has 2 fully saturated rings. The summed E-state index contributed by atoms with van der Waals surface area (Å²) in [5.74, 6) is 0.559. The van der Waals surface area contributed by atoms with Crippen LogP contribution in [-0.2, 0) is 4.74 Å². The molecule has 0 bridgehead atoms. The number of likely N-dealkylation sites (tertiary alicyclic amines) is 1. The van der Waals surface area contributed by atoms with Gasteiger partial charge in [0.25, 0.3) is 0 Å². The third-order valence-corrected chi connectivity index (χ3v) is 8.18. The van der Waals surface area contributed by atoms with Crippen molar-refractivity contribution >= 4 is 23.4 Å². The number of ether oxygens (including phenoxy) is 1. The van der Waals surface area contributed by atoms with Crippen LogP contribution in [0.15, 0.2) is 36.5 Å². The second-order valence-electron chi connectivity index (χ2n) is 9.45. The number of nitrogens with zero attached hydrogens (tertiary/aromatic N) is 4. The number of anilines is 1. The molecule has 1 aliphatic heterocycles. The van der Waals surface area contributed by atoms with Crippen LogP contribution >= 0.6 is 11.3 Å². The van der Waals surface area contributed by atoms with Crippen LogP contribution in [0, 0.1) is 5.82 Å². The molecule has 36 heavy (non-hydrogen) atoms. The Labute approximate surface area is 215 Å². The van der Waals surface area contributed by atoms with Gasteiger partial charge in [-0.2, -0.15) is 0 Å². The van der Waals surface area contributed by atoms with Gasteiger partial charge in [0.2, 0.25) is 5.95 Å². The number of amides is 1. The van der Waals surface area contributed by atoms with E-state index in [2.05, 4.69) is 10.3 Å². The molecule has 0 spiro atoms. The fraction of sp³-hybridized carbons (Fsp3) is 0.481. The summed E-state index contributed by atoms with van der Waals surface area (Å²) in [5, 5.41) is 4.50. The van der Waals surface area contributed by atoms with Crippen LogP contribution in [0.25, 0.3) is 21.8 Å². The molecule has 1 saturated carbocycles. The summed E-state index contributed by atoms with van der Waals surface area (Å²) in [6.45, 7) is 3.47. The standard InChI is InChI=1S/C27H32FN5O2S/c1-2-35-27(34)33-15-12-18(13-16-33)25-32-23(19-7-6-8-20(28)17-19)24(36-25)22-11-14-29-26(31-22)30-21-9-4-3-5-10-21/h6-8,11,14,17-18,21H,2-5,9-10,12-13,15-16H2,1H3,(H,29,30,31). The molecule has 190 valence electrons. The molecule has 0 atom stereocenters. The summed E-state index contributed by atoms with van der Waals surface area (Å²) >= 11 is 1.61. The number of hydrogen-bond acceptors (Lipinski definition) is 7. The minimum absolute atomic E-state index is 0.225. The van der Waals surface area contributed by atoms with Crippen molar-refractivity contribution in [1.29, 1.82) is 0 Å². The molecule has 1 saturated heterocycles. The van der Waals surface area contributed by atoms with Crippen LogP contribution in [0.1, 0.15) is 62.8 Å². The van der Waals surface area contributed by atoms with Gasteiger partial charge in [-0.25, -0.2) is 24.1 Å². The van der Waals surface area contributed by atoms with Crippen LogP contribution in [0.3, 0.4) is 0 Å². The first-order valence-electron chi connectivity index (χ1n) is 12.9. The SMILES string of the molecule is CCOC(=O)N1CCC(c2nc(-c3cccc(F)c3)c(-c3ccnc(NC4CCCCC4)n3)s2)CC1. The lowest BCUT2D eigenvalue weighted by molar-refractivity contribution is 0.0970. The number of aromatic nitrogens is 3. The van der Waals surface area contributed by atoms with Gasteiger partial charge in [0.1, 0.15) is 5.82 Å². The van der Waals surface area contributed by atoms with E-state index in [-0.39, 0.29) is 17.8 Å². The summed E-state index contributed by atoms with van der Waals surface area (Å²) < 4.78 is 19.3. The van der Waals surface area contributed by atoms with Crippen LogP contribution in [0.4, 0.5) is 15.1 Å². The monoisotopic (exact) mass is 509 g/mol. The van der Waals surface area contributed by atoms with Gasteiger partial charge < -0.3 is 15.0 Å². The van der Waals surface area contributed by atoms with E-state index in [9.17, 15) is 9.18 Å². The Bertz CT molecular complexity index is 1190. The zero-order valence-electron chi connectivity index (χ0n) is 20.6. The van der Waals surface area contributed by atoms with Crippen molar-refractivity contribution in [1.82, 2.24) is 19.9 Å². The van der Waals surface area contributed by atoms with Crippen molar-refractivity contribution in [2.24, 2.45) is 0 Å². The van der Waals surface area contributed by atoms with Crippen molar-refractivity contribution in [2.75, 3.05) is 25.0 Å². The topological polar surface area (TPSA) is 80.2 Å². The molecule has 1 aromatic carbocycles. The smallest absolute Gasteiger partial charge is 0.409 e. The third-order valence-electron chi connectivity index (χ3n) is 6.94. The summed E-state index contributed by atoms with van der Waals surface area (Å²) in [6.07, 6.45) is 9.17. The van der Waals surface area contributed by atoms with Gasteiger partial charge in [-0.15, -0.1) is 11.3 Å². The maximum atomic E-state index is 14.1. The summed E-state index contributed by atoms with van der Waals surface area (Å²) in [4.78, 5) is 29.1. The lowest BCUT2D eigenvalue weighted by Gasteiger charge is -2.30. The van der Waals surface area contributed by atoms with E-state index in [4.69, 9.17) is 14.7 Å². The summed E-state index contributed by atoms with van der Waals surface area (Å²) in [5.41, 5.74) is 2.26. The zero-order chi connectivity index (χ0) is 24.9. The Balaban J connectivity index is 1.43. The second kappa shape index (κ2) is 11.3. The van der Waals surface area contributed by atoms with Crippen molar-refractivity contribution in [3.05, 3.63) is 47.4 Å². The first-order valence-corrected chi connectivity index (χ1v) is 13.7. The molecule has 2 aliphatic rings. The number of halogens is 1. The highest BCUT2D eigenvalue weighted by Crippen LogP contribution is 2.41. The van der Waals surface area contributed by atoms with Gasteiger partial charge in [-0.3, -0.25) is 0 Å². The molecular weight excluding hydrogens is 477 g/mol. The lowest BCUT2D eigenvalue weighted by atomic mass is 9.96. The van der Waals surface area contributed by atoms with Crippen LogP contribution in [0.2, 0.25) is 0 Å². The Morgan fingerprint density at radius 1 is 1.14 bits per heavy atom. The predicted molar refractivity (Wildman–Crippen MR) is 140 cm³/mol. The summed E-state index contributed by atoms with van der Waals surface area (Å²) in [6, 6.07) is 8.86. The van der Waals surface area contributed by atoms with E-state index in [0.717, 1.165) is 52.5 Å². The highest BCUT2D eigenvalue weighted by atomic mass is 32.1. The van der Waals surface area contributed by atoms with Gasteiger partial charge in [0.15, 0.2) is 0 Å². The van der Waals surface area contributed by atoms with E-state index < -0.39 is 0 Å². The van der Waals surface area contributed by atoms with E-state index in [0.29, 0.717) is 31.7 Å². The number of carbonyl (C=O) groups is 1. The van der Waals surface area contributed by atoms with Crippen LogP contribution in [-0.4, -0.2) is 51.7 Å². The third kappa shape index (κ3) is 5.67. The molecule has 0 radical (unpaired) electrons. The number of hydrogen-bond donors (Lipinski definition) is 1. The van der Waals surface area contributed by atoms with Gasteiger partial charge in [0, 0.05) is 36.8 Å². The normalized spacial score (nSPS) is 17.2. The van der Waals surface area contributed by atoms with Gasteiger partial charge >= 0.3 is 6.09 Å². The summed E-state index contributed by atoms with van der Waals surface area (Å²) in [7, 11) is 0. The van der Waals surface area contributed by atoms with Crippen LogP contribution in [0.5, 0.6) is 0 Å².